The molecule has 0 bridgehead atoms. The molecule has 0 amide bonds. The lowest BCUT2D eigenvalue weighted by Crippen LogP contribution is -2.40. The number of carbonyl (C=O) groups is 1. The molecule has 0 atom stereocenters. The van der Waals surface area contributed by atoms with E-state index in [9.17, 15) is 14.4 Å². The Hall–Kier alpha value is -1.89. The second-order valence-electron chi connectivity index (χ2n) is 2.62. The topological polar surface area (TPSA) is 119 Å². The molecule has 0 saturated heterocycles. The number of rotatable bonds is 1. The van der Waals surface area contributed by atoms with Gasteiger partial charge in [-0.05, 0) is 0 Å². The summed E-state index contributed by atoms with van der Waals surface area (Å²) in [6.07, 6.45) is 0.344. The molecule has 0 unspecified atom stereocenters. The Morgan fingerprint density at radius 3 is 2.14 bits per heavy atom. The van der Waals surface area contributed by atoms with Gasteiger partial charge in [0.2, 0.25) is 0 Å². The Labute approximate surface area is 78.7 Å². The van der Waals surface area contributed by atoms with Crippen LogP contribution in [0.1, 0.15) is 10.4 Å². The number of aromatic nitrogens is 2. The summed E-state index contributed by atoms with van der Waals surface area (Å²) in [5, 5.41) is 0. The molecule has 1 aromatic rings. The lowest BCUT2D eigenvalue weighted by atomic mass is 10.3. The van der Waals surface area contributed by atoms with E-state index in [4.69, 9.17) is 5.73 Å². The molecule has 0 spiro atoms. The molecule has 4 N–H and O–H groups in total. The van der Waals surface area contributed by atoms with E-state index in [1.165, 1.54) is 14.1 Å². The molecule has 1 aromatic heterocycles. The van der Waals surface area contributed by atoms with Gasteiger partial charge in [-0.3, -0.25) is 18.7 Å². The lowest BCUT2D eigenvalue weighted by molar-refractivity contribution is 0.112. The maximum atomic E-state index is 11.2. The Bertz CT molecular complexity index is 471. The van der Waals surface area contributed by atoms with E-state index in [1.54, 1.807) is 0 Å². The number of nitrogen functional groups attached to an aromatic ring is 1. The number of aldehydes is 1. The van der Waals surface area contributed by atoms with Gasteiger partial charge in [0.05, 0.1) is 0 Å². The van der Waals surface area contributed by atoms with Crippen molar-refractivity contribution in [2.45, 2.75) is 0 Å². The maximum Gasteiger partial charge on any atom is 0.332 e. The highest BCUT2D eigenvalue weighted by Gasteiger charge is 2.11. The van der Waals surface area contributed by atoms with Crippen molar-refractivity contribution in [2.24, 2.45) is 14.1 Å². The Balaban J connectivity index is 0.00000169. The molecule has 0 aliphatic heterocycles. The number of nitrogens with two attached hydrogens (primary N) is 1. The fourth-order valence-corrected chi connectivity index (χ4v) is 0.997. The van der Waals surface area contributed by atoms with Crippen molar-refractivity contribution in [1.29, 1.82) is 0 Å². The summed E-state index contributed by atoms with van der Waals surface area (Å²) in [6, 6.07) is 0. The molecule has 0 aliphatic rings. The summed E-state index contributed by atoms with van der Waals surface area (Å²) >= 11 is 0. The highest BCUT2D eigenvalue weighted by Crippen LogP contribution is 1.97. The van der Waals surface area contributed by atoms with Crippen molar-refractivity contribution in [1.82, 2.24) is 9.13 Å². The standard InChI is InChI=1S/C7H9N3O3.H2O/c1-9-5(8)4(3-11)6(12)10(2)7(9)13;/h3H,8H2,1-2H3;1H2. The minimum atomic E-state index is -0.671. The third kappa shape index (κ3) is 1.44. The first-order chi connectivity index (χ1) is 6.00. The predicted molar refractivity (Wildman–Crippen MR) is 50.3 cm³/mol. The number of carbonyl (C=O) groups excluding carboxylic acids is 1. The highest BCUT2D eigenvalue weighted by atomic mass is 16.2. The van der Waals surface area contributed by atoms with Gasteiger partial charge < -0.3 is 11.2 Å². The van der Waals surface area contributed by atoms with Gasteiger partial charge in [0, 0.05) is 14.1 Å². The number of hydrogen-bond acceptors (Lipinski definition) is 4. The zero-order valence-corrected chi connectivity index (χ0v) is 7.77. The smallest absolute Gasteiger partial charge is 0.332 e. The average molecular weight is 201 g/mol. The van der Waals surface area contributed by atoms with Crippen LogP contribution in [0.3, 0.4) is 0 Å². The molecule has 0 fully saturated rings. The van der Waals surface area contributed by atoms with Crippen molar-refractivity contribution >= 4 is 12.1 Å². The van der Waals surface area contributed by atoms with Crippen LogP contribution in [0.25, 0.3) is 0 Å². The van der Waals surface area contributed by atoms with Gasteiger partial charge in [-0.2, -0.15) is 0 Å². The molecule has 78 valence electrons. The molecule has 0 saturated carbocycles. The van der Waals surface area contributed by atoms with E-state index in [0.29, 0.717) is 6.29 Å². The zero-order chi connectivity index (χ0) is 10.2. The van der Waals surface area contributed by atoms with Crippen LogP contribution in [0.2, 0.25) is 0 Å². The molecule has 0 radical (unpaired) electrons. The SMILES string of the molecule is Cn1c(N)c(C=O)c(=O)n(C)c1=O.O. The molecule has 14 heavy (non-hydrogen) atoms. The lowest BCUT2D eigenvalue weighted by Gasteiger charge is -2.06. The van der Waals surface area contributed by atoms with E-state index in [0.717, 1.165) is 9.13 Å². The predicted octanol–water partition coefficient (Wildman–Crippen LogP) is -2.35. The minimum Gasteiger partial charge on any atom is -0.412 e. The van der Waals surface area contributed by atoms with Gasteiger partial charge in [0.25, 0.3) is 5.56 Å². The van der Waals surface area contributed by atoms with Gasteiger partial charge in [-0.15, -0.1) is 0 Å². The maximum absolute atomic E-state index is 11.2. The second kappa shape index (κ2) is 3.88. The van der Waals surface area contributed by atoms with Crippen molar-refractivity contribution in [3.05, 3.63) is 26.4 Å². The minimum absolute atomic E-state index is 0. The normalized spacial score (nSPS) is 9.29. The van der Waals surface area contributed by atoms with Gasteiger partial charge in [-0.1, -0.05) is 0 Å². The average Bonchev–Trinajstić information content (AvgIpc) is 2.13. The summed E-state index contributed by atoms with van der Waals surface area (Å²) in [5.74, 6) is -0.108. The van der Waals surface area contributed by atoms with Crippen molar-refractivity contribution in [3.8, 4) is 0 Å². The Morgan fingerprint density at radius 2 is 1.71 bits per heavy atom. The van der Waals surface area contributed by atoms with Gasteiger partial charge in [-0.25, -0.2) is 4.79 Å². The van der Waals surface area contributed by atoms with Crippen LogP contribution in [0, 0.1) is 0 Å². The summed E-state index contributed by atoms with van der Waals surface area (Å²) in [7, 11) is 2.68. The Kier molecular flexibility index (Phi) is 3.36. The summed E-state index contributed by atoms with van der Waals surface area (Å²) in [4.78, 5) is 32.9. The van der Waals surface area contributed by atoms with Crippen LogP contribution in [0.4, 0.5) is 5.82 Å². The number of hydrogen-bond donors (Lipinski definition) is 1. The third-order valence-corrected chi connectivity index (χ3v) is 1.86. The van der Waals surface area contributed by atoms with E-state index >= 15 is 0 Å². The molecule has 7 heteroatoms. The van der Waals surface area contributed by atoms with Crippen LogP contribution in [0.5, 0.6) is 0 Å². The molecule has 0 aliphatic carbocycles. The molecular weight excluding hydrogens is 190 g/mol. The van der Waals surface area contributed by atoms with Crippen LogP contribution < -0.4 is 17.0 Å². The van der Waals surface area contributed by atoms with Crippen LogP contribution in [0.15, 0.2) is 9.59 Å². The first-order valence-electron chi connectivity index (χ1n) is 3.51. The second-order valence-corrected chi connectivity index (χ2v) is 2.62. The zero-order valence-electron chi connectivity index (χ0n) is 7.77. The van der Waals surface area contributed by atoms with E-state index in [1.807, 2.05) is 0 Å². The number of anilines is 1. The van der Waals surface area contributed by atoms with Crippen molar-refractivity contribution < 1.29 is 10.3 Å². The molecule has 7 nitrogen and oxygen atoms in total. The van der Waals surface area contributed by atoms with Crippen LogP contribution in [-0.4, -0.2) is 20.9 Å². The largest absolute Gasteiger partial charge is 0.412 e. The monoisotopic (exact) mass is 201 g/mol. The first kappa shape index (κ1) is 12.1. The summed E-state index contributed by atoms with van der Waals surface area (Å²) < 4.78 is 1.88. The first-order valence-corrected chi connectivity index (χ1v) is 3.51. The van der Waals surface area contributed by atoms with E-state index < -0.39 is 11.2 Å². The van der Waals surface area contributed by atoms with Gasteiger partial charge in [0.15, 0.2) is 6.29 Å². The van der Waals surface area contributed by atoms with E-state index in [2.05, 4.69) is 0 Å². The molecule has 1 heterocycles. The van der Waals surface area contributed by atoms with Gasteiger partial charge >= 0.3 is 5.69 Å². The third-order valence-electron chi connectivity index (χ3n) is 1.86. The molecule has 0 aromatic carbocycles. The van der Waals surface area contributed by atoms with Crippen molar-refractivity contribution in [3.63, 3.8) is 0 Å². The number of nitrogens with zero attached hydrogens (tertiary/aromatic N) is 2. The van der Waals surface area contributed by atoms with Crippen molar-refractivity contribution in [2.75, 3.05) is 5.73 Å². The van der Waals surface area contributed by atoms with Gasteiger partial charge in [0.1, 0.15) is 11.4 Å². The van der Waals surface area contributed by atoms with E-state index in [-0.39, 0.29) is 16.9 Å². The molecule has 1 rings (SSSR count). The van der Waals surface area contributed by atoms with Crippen LogP contribution >= 0.6 is 0 Å². The fraction of sp³-hybridized carbons (Fsp3) is 0.286. The summed E-state index contributed by atoms with van der Waals surface area (Å²) in [5.41, 5.74) is 3.97. The molecular formula is C7H11N3O4. The summed E-state index contributed by atoms with van der Waals surface area (Å²) in [6.45, 7) is 0. The Morgan fingerprint density at radius 1 is 1.21 bits per heavy atom. The highest BCUT2D eigenvalue weighted by molar-refractivity contribution is 5.80. The fourth-order valence-electron chi connectivity index (χ4n) is 0.997. The quantitative estimate of drug-likeness (QED) is 0.511. The van der Waals surface area contributed by atoms with Crippen LogP contribution in [-0.2, 0) is 14.1 Å².